The van der Waals surface area contributed by atoms with Gasteiger partial charge in [-0.3, -0.25) is 4.79 Å². The molecule has 0 spiro atoms. The van der Waals surface area contributed by atoms with Crippen LogP contribution in [0.25, 0.3) is 0 Å². The van der Waals surface area contributed by atoms with Crippen molar-refractivity contribution in [3.8, 4) is 0 Å². The SMILES string of the molecule is O=C(c1cc2c(s1)CCCCC2)N1CCCC(CCO)C1. The summed E-state index contributed by atoms with van der Waals surface area (Å²) >= 11 is 1.72. The van der Waals surface area contributed by atoms with Crippen molar-refractivity contribution in [1.29, 1.82) is 0 Å². The molecular formula is C17H25NO2S. The van der Waals surface area contributed by atoms with Gasteiger partial charge in [-0.15, -0.1) is 11.3 Å². The topological polar surface area (TPSA) is 40.5 Å². The first-order valence-electron chi connectivity index (χ1n) is 8.29. The molecule has 1 N–H and O–H groups in total. The Bertz CT molecular complexity index is 471. The highest BCUT2D eigenvalue weighted by Gasteiger charge is 2.26. The van der Waals surface area contributed by atoms with Crippen LogP contribution in [0.5, 0.6) is 0 Å². The van der Waals surface area contributed by atoms with Crippen molar-refractivity contribution >= 4 is 17.2 Å². The number of nitrogens with zero attached hydrogens (tertiary/aromatic N) is 1. The van der Waals surface area contributed by atoms with E-state index in [-0.39, 0.29) is 12.5 Å². The van der Waals surface area contributed by atoms with Crippen molar-refractivity contribution in [3.63, 3.8) is 0 Å². The number of carbonyl (C=O) groups excluding carboxylic acids is 1. The van der Waals surface area contributed by atoms with Gasteiger partial charge in [0.2, 0.25) is 0 Å². The molecule has 1 aliphatic carbocycles. The lowest BCUT2D eigenvalue weighted by Crippen LogP contribution is -2.39. The van der Waals surface area contributed by atoms with Crippen LogP contribution in [-0.2, 0) is 12.8 Å². The first-order valence-corrected chi connectivity index (χ1v) is 9.11. The smallest absolute Gasteiger partial charge is 0.263 e. The predicted octanol–water partition coefficient (Wildman–Crippen LogP) is 3.25. The van der Waals surface area contributed by atoms with E-state index in [1.54, 1.807) is 11.3 Å². The molecule has 116 valence electrons. The van der Waals surface area contributed by atoms with Crippen molar-refractivity contribution in [2.75, 3.05) is 19.7 Å². The highest BCUT2D eigenvalue weighted by Crippen LogP contribution is 2.30. The van der Waals surface area contributed by atoms with Crippen LogP contribution in [-0.4, -0.2) is 35.6 Å². The van der Waals surface area contributed by atoms with E-state index in [1.165, 1.54) is 29.7 Å². The van der Waals surface area contributed by atoms with Crippen LogP contribution in [0.2, 0.25) is 0 Å². The summed E-state index contributed by atoms with van der Waals surface area (Å²) in [5, 5.41) is 9.10. The van der Waals surface area contributed by atoms with Gasteiger partial charge in [0.05, 0.1) is 4.88 Å². The summed E-state index contributed by atoms with van der Waals surface area (Å²) in [6, 6.07) is 2.16. The van der Waals surface area contributed by atoms with Crippen LogP contribution in [0.3, 0.4) is 0 Å². The molecule has 4 heteroatoms. The number of fused-ring (bicyclic) bond motifs is 1. The molecule has 2 aliphatic rings. The summed E-state index contributed by atoms with van der Waals surface area (Å²) in [7, 11) is 0. The van der Waals surface area contributed by atoms with Crippen molar-refractivity contribution in [2.24, 2.45) is 5.92 Å². The molecule has 1 unspecified atom stereocenters. The average molecular weight is 307 g/mol. The normalized spacial score (nSPS) is 22.7. The zero-order valence-electron chi connectivity index (χ0n) is 12.6. The van der Waals surface area contributed by atoms with Gasteiger partial charge in [0.25, 0.3) is 5.91 Å². The van der Waals surface area contributed by atoms with Crippen molar-refractivity contribution in [2.45, 2.75) is 51.4 Å². The summed E-state index contributed by atoms with van der Waals surface area (Å²) in [4.78, 5) is 17.1. The summed E-state index contributed by atoms with van der Waals surface area (Å²) < 4.78 is 0. The zero-order chi connectivity index (χ0) is 14.7. The fourth-order valence-electron chi connectivity index (χ4n) is 3.60. The highest BCUT2D eigenvalue weighted by atomic mass is 32.1. The van der Waals surface area contributed by atoms with Gasteiger partial charge in [-0.1, -0.05) is 6.42 Å². The number of hydrogen-bond donors (Lipinski definition) is 1. The first kappa shape index (κ1) is 15.0. The number of piperidine rings is 1. The quantitative estimate of drug-likeness (QED) is 0.871. The molecular weight excluding hydrogens is 282 g/mol. The Morgan fingerprint density at radius 3 is 3.00 bits per heavy atom. The molecule has 0 bridgehead atoms. The maximum absolute atomic E-state index is 12.7. The van der Waals surface area contributed by atoms with E-state index in [2.05, 4.69) is 6.07 Å². The summed E-state index contributed by atoms with van der Waals surface area (Å²) in [5.41, 5.74) is 1.42. The van der Waals surface area contributed by atoms with Gasteiger partial charge >= 0.3 is 0 Å². The number of hydrogen-bond acceptors (Lipinski definition) is 3. The number of carbonyl (C=O) groups is 1. The first-order chi connectivity index (χ1) is 10.3. The van der Waals surface area contributed by atoms with Gasteiger partial charge in [0, 0.05) is 24.6 Å². The molecule has 0 aromatic carbocycles. The fraction of sp³-hybridized carbons (Fsp3) is 0.706. The Morgan fingerprint density at radius 1 is 1.29 bits per heavy atom. The van der Waals surface area contributed by atoms with Crippen LogP contribution in [0.15, 0.2) is 6.07 Å². The second-order valence-corrected chi connectivity index (χ2v) is 7.53. The van der Waals surface area contributed by atoms with E-state index in [9.17, 15) is 4.79 Å². The number of likely N-dealkylation sites (tertiary alicyclic amines) is 1. The molecule has 1 fully saturated rings. The van der Waals surface area contributed by atoms with Crippen LogP contribution in [0.4, 0.5) is 0 Å². The van der Waals surface area contributed by atoms with E-state index in [4.69, 9.17) is 5.11 Å². The minimum atomic E-state index is 0.218. The Labute approximate surface area is 131 Å². The molecule has 1 aliphatic heterocycles. The van der Waals surface area contributed by atoms with Crippen LogP contribution in [0.1, 0.15) is 58.6 Å². The van der Waals surface area contributed by atoms with Crippen LogP contribution >= 0.6 is 11.3 Å². The maximum atomic E-state index is 12.7. The van der Waals surface area contributed by atoms with E-state index in [0.29, 0.717) is 5.92 Å². The Morgan fingerprint density at radius 2 is 2.14 bits per heavy atom. The maximum Gasteiger partial charge on any atom is 0.263 e. The Balaban J connectivity index is 1.70. The third-order valence-corrected chi connectivity index (χ3v) is 6.03. The minimum Gasteiger partial charge on any atom is -0.396 e. The summed E-state index contributed by atoms with van der Waals surface area (Å²) in [6.45, 7) is 1.94. The molecule has 0 radical (unpaired) electrons. The number of rotatable bonds is 3. The molecule has 1 aromatic heterocycles. The molecule has 1 saturated heterocycles. The lowest BCUT2D eigenvalue weighted by atomic mass is 9.95. The van der Waals surface area contributed by atoms with E-state index in [1.807, 2.05) is 4.90 Å². The van der Waals surface area contributed by atoms with Gasteiger partial charge < -0.3 is 10.0 Å². The molecule has 3 nitrogen and oxygen atoms in total. The van der Waals surface area contributed by atoms with E-state index in [0.717, 1.165) is 50.1 Å². The van der Waals surface area contributed by atoms with E-state index < -0.39 is 0 Å². The Kier molecular flexibility index (Phi) is 4.96. The molecule has 1 aromatic rings. The summed E-state index contributed by atoms with van der Waals surface area (Å²) in [5.74, 6) is 0.696. The van der Waals surface area contributed by atoms with Gasteiger partial charge in [0.15, 0.2) is 0 Å². The second kappa shape index (κ2) is 6.93. The van der Waals surface area contributed by atoms with Gasteiger partial charge in [-0.2, -0.15) is 0 Å². The Hall–Kier alpha value is -0.870. The lowest BCUT2D eigenvalue weighted by Gasteiger charge is -2.32. The number of amides is 1. The van der Waals surface area contributed by atoms with Gasteiger partial charge in [-0.25, -0.2) is 0 Å². The second-order valence-electron chi connectivity index (χ2n) is 6.39. The van der Waals surface area contributed by atoms with Gasteiger partial charge in [-0.05, 0) is 62.5 Å². The van der Waals surface area contributed by atoms with Gasteiger partial charge in [0.1, 0.15) is 0 Å². The zero-order valence-corrected chi connectivity index (χ0v) is 13.5. The number of aliphatic hydroxyl groups is 1. The summed E-state index contributed by atoms with van der Waals surface area (Å²) in [6.07, 6.45) is 9.19. The molecule has 0 saturated carbocycles. The molecule has 2 heterocycles. The standard InChI is InChI=1S/C17H25NO2S/c19-10-8-13-5-4-9-18(12-13)17(20)16-11-14-6-2-1-3-7-15(14)21-16/h11,13,19H,1-10,12H2. The van der Waals surface area contributed by atoms with Crippen molar-refractivity contribution in [1.82, 2.24) is 4.90 Å². The number of aliphatic hydroxyl groups excluding tert-OH is 1. The lowest BCUT2D eigenvalue weighted by molar-refractivity contribution is 0.0658. The third-order valence-electron chi connectivity index (χ3n) is 4.80. The molecule has 3 rings (SSSR count). The predicted molar refractivity (Wildman–Crippen MR) is 85.9 cm³/mol. The van der Waals surface area contributed by atoms with Crippen LogP contribution < -0.4 is 0 Å². The molecule has 21 heavy (non-hydrogen) atoms. The number of aryl methyl sites for hydroxylation is 2. The van der Waals surface area contributed by atoms with Crippen LogP contribution in [0, 0.1) is 5.92 Å². The van der Waals surface area contributed by atoms with Crippen molar-refractivity contribution < 1.29 is 9.90 Å². The third kappa shape index (κ3) is 3.49. The monoisotopic (exact) mass is 307 g/mol. The average Bonchev–Trinajstić information content (AvgIpc) is 2.78. The highest BCUT2D eigenvalue weighted by molar-refractivity contribution is 7.14. The molecule has 1 atom stereocenters. The minimum absolute atomic E-state index is 0.218. The largest absolute Gasteiger partial charge is 0.396 e. The molecule has 1 amide bonds. The van der Waals surface area contributed by atoms with E-state index >= 15 is 0 Å². The fourth-order valence-corrected chi connectivity index (χ4v) is 4.82. The van der Waals surface area contributed by atoms with Crippen molar-refractivity contribution in [3.05, 3.63) is 21.4 Å². The number of thiophene rings is 1.